The third-order valence-electron chi connectivity index (χ3n) is 3.42. The number of carbonyl (C=O) groups excluding carboxylic acids is 1. The summed E-state index contributed by atoms with van der Waals surface area (Å²) in [7, 11) is 1.60. The SMILES string of the molecule is COc1c(I)cc(I)cc1/C=N\NC(=O)[C@@H]1COc2ccccc2O1. The summed E-state index contributed by atoms with van der Waals surface area (Å²) in [6.45, 7) is 0.142. The molecule has 2 aromatic carbocycles. The number of methoxy groups -OCH3 is 1. The summed E-state index contributed by atoms with van der Waals surface area (Å²) in [6.07, 6.45) is 0.809. The predicted molar refractivity (Wildman–Crippen MR) is 111 cm³/mol. The fraction of sp³-hybridized carbons (Fsp3) is 0.176. The van der Waals surface area contributed by atoms with Gasteiger partial charge in [-0.1, -0.05) is 12.1 Å². The first-order valence-electron chi connectivity index (χ1n) is 7.33. The zero-order valence-corrected chi connectivity index (χ0v) is 17.5. The normalized spacial score (nSPS) is 15.9. The minimum absolute atomic E-state index is 0.142. The highest BCUT2D eigenvalue weighted by molar-refractivity contribution is 14.1. The van der Waals surface area contributed by atoms with Crippen molar-refractivity contribution in [2.75, 3.05) is 13.7 Å². The van der Waals surface area contributed by atoms with Crippen molar-refractivity contribution in [3.63, 3.8) is 0 Å². The van der Waals surface area contributed by atoms with E-state index in [2.05, 4.69) is 55.7 Å². The van der Waals surface area contributed by atoms with Crippen LogP contribution in [0.2, 0.25) is 0 Å². The maximum Gasteiger partial charge on any atom is 0.284 e. The highest BCUT2D eigenvalue weighted by Gasteiger charge is 2.27. The molecule has 0 saturated heterocycles. The summed E-state index contributed by atoms with van der Waals surface area (Å²) in [5.74, 6) is 1.52. The van der Waals surface area contributed by atoms with Crippen molar-refractivity contribution < 1.29 is 19.0 Å². The molecular formula is C17H14I2N2O4. The molecule has 25 heavy (non-hydrogen) atoms. The Bertz CT molecular complexity index is 826. The van der Waals surface area contributed by atoms with E-state index in [1.165, 1.54) is 0 Å². The molecule has 1 aliphatic rings. The molecule has 0 saturated carbocycles. The lowest BCUT2D eigenvalue weighted by atomic mass is 10.2. The quantitative estimate of drug-likeness (QED) is 0.352. The second-order valence-electron chi connectivity index (χ2n) is 5.11. The number of amides is 1. The Labute approximate surface area is 172 Å². The van der Waals surface area contributed by atoms with E-state index in [4.69, 9.17) is 14.2 Å². The van der Waals surface area contributed by atoms with Crippen LogP contribution >= 0.6 is 45.2 Å². The number of benzene rings is 2. The van der Waals surface area contributed by atoms with E-state index in [9.17, 15) is 4.79 Å². The van der Waals surface area contributed by atoms with Gasteiger partial charge in [0.25, 0.3) is 5.91 Å². The Kier molecular flexibility index (Phi) is 5.99. The molecule has 1 atom stereocenters. The molecule has 8 heteroatoms. The summed E-state index contributed by atoms with van der Waals surface area (Å²) in [4.78, 5) is 12.2. The number of para-hydroxylation sites is 2. The van der Waals surface area contributed by atoms with Gasteiger partial charge in [0, 0.05) is 9.13 Å². The number of hydrogen-bond acceptors (Lipinski definition) is 5. The van der Waals surface area contributed by atoms with Crippen LogP contribution in [-0.4, -0.2) is 31.9 Å². The molecule has 0 bridgehead atoms. The van der Waals surface area contributed by atoms with Crippen LogP contribution in [0.25, 0.3) is 0 Å². The lowest BCUT2D eigenvalue weighted by Gasteiger charge is -2.24. The summed E-state index contributed by atoms with van der Waals surface area (Å²) >= 11 is 4.42. The van der Waals surface area contributed by atoms with Gasteiger partial charge < -0.3 is 14.2 Å². The smallest absolute Gasteiger partial charge is 0.284 e. The molecule has 0 radical (unpaired) electrons. The monoisotopic (exact) mass is 564 g/mol. The van der Waals surface area contributed by atoms with E-state index in [0.717, 1.165) is 12.7 Å². The Morgan fingerprint density at radius 2 is 2.08 bits per heavy atom. The summed E-state index contributed by atoms with van der Waals surface area (Å²) in [5.41, 5.74) is 3.27. The summed E-state index contributed by atoms with van der Waals surface area (Å²) in [5, 5.41) is 4.02. The van der Waals surface area contributed by atoms with Gasteiger partial charge in [0.15, 0.2) is 11.5 Å². The number of nitrogens with one attached hydrogen (secondary N) is 1. The number of fused-ring (bicyclic) bond motifs is 1. The van der Waals surface area contributed by atoms with Gasteiger partial charge >= 0.3 is 0 Å². The molecule has 0 aliphatic carbocycles. The van der Waals surface area contributed by atoms with E-state index < -0.39 is 6.10 Å². The average Bonchev–Trinajstić information content (AvgIpc) is 2.61. The first-order chi connectivity index (χ1) is 12.1. The van der Waals surface area contributed by atoms with Crippen molar-refractivity contribution in [2.24, 2.45) is 5.10 Å². The number of carbonyl (C=O) groups is 1. The maximum atomic E-state index is 12.2. The van der Waals surface area contributed by atoms with Crippen LogP contribution in [0.4, 0.5) is 0 Å². The van der Waals surface area contributed by atoms with Crippen molar-refractivity contribution in [1.29, 1.82) is 0 Å². The van der Waals surface area contributed by atoms with Crippen molar-refractivity contribution in [3.8, 4) is 17.2 Å². The standard InChI is InChI=1S/C17H14I2N2O4/c1-23-16-10(6-11(18)7-12(16)19)8-20-21-17(22)15-9-24-13-4-2-3-5-14(13)25-15/h2-8,15H,9H2,1H3,(H,21,22)/b20-8-/t15-/m0/s1. The second-order valence-corrected chi connectivity index (χ2v) is 7.52. The molecule has 0 aromatic heterocycles. The average molecular weight is 564 g/mol. The first kappa shape index (κ1) is 18.2. The van der Waals surface area contributed by atoms with Crippen molar-refractivity contribution >= 4 is 57.3 Å². The topological polar surface area (TPSA) is 69.2 Å². The molecular weight excluding hydrogens is 550 g/mol. The van der Waals surface area contributed by atoms with Crippen LogP contribution in [0.3, 0.4) is 0 Å². The van der Waals surface area contributed by atoms with E-state index in [1.54, 1.807) is 25.5 Å². The number of halogens is 2. The van der Waals surface area contributed by atoms with E-state index in [1.807, 2.05) is 24.3 Å². The highest BCUT2D eigenvalue weighted by atomic mass is 127. The summed E-state index contributed by atoms with van der Waals surface area (Å²) < 4.78 is 18.6. The third-order valence-corrected chi connectivity index (χ3v) is 4.84. The Balaban J connectivity index is 1.66. The molecule has 0 fully saturated rings. The Hall–Kier alpha value is -1.56. The Morgan fingerprint density at radius 3 is 2.84 bits per heavy atom. The van der Waals surface area contributed by atoms with Crippen molar-refractivity contribution in [3.05, 3.63) is 49.1 Å². The molecule has 1 aliphatic heterocycles. The number of hydrazone groups is 1. The molecule has 130 valence electrons. The van der Waals surface area contributed by atoms with Gasteiger partial charge in [-0.05, 0) is 69.4 Å². The van der Waals surface area contributed by atoms with Crippen LogP contribution in [-0.2, 0) is 4.79 Å². The molecule has 0 spiro atoms. The molecule has 6 nitrogen and oxygen atoms in total. The molecule has 1 amide bonds. The lowest BCUT2D eigenvalue weighted by Crippen LogP contribution is -2.42. The number of ether oxygens (including phenoxy) is 3. The first-order valence-corrected chi connectivity index (χ1v) is 9.48. The van der Waals surface area contributed by atoms with Gasteiger partial charge in [-0.25, -0.2) is 5.43 Å². The van der Waals surface area contributed by atoms with Crippen LogP contribution in [0.1, 0.15) is 5.56 Å². The zero-order chi connectivity index (χ0) is 17.8. The van der Waals surface area contributed by atoms with E-state index in [0.29, 0.717) is 17.2 Å². The Morgan fingerprint density at radius 1 is 1.32 bits per heavy atom. The lowest BCUT2D eigenvalue weighted by molar-refractivity contribution is -0.130. The van der Waals surface area contributed by atoms with Crippen molar-refractivity contribution in [1.82, 2.24) is 5.43 Å². The maximum absolute atomic E-state index is 12.2. The van der Waals surface area contributed by atoms with Gasteiger partial charge in [0.1, 0.15) is 12.4 Å². The number of rotatable bonds is 4. The van der Waals surface area contributed by atoms with Gasteiger partial charge in [-0.3, -0.25) is 4.79 Å². The van der Waals surface area contributed by atoms with Gasteiger partial charge in [-0.2, -0.15) is 5.10 Å². The number of nitrogens with zero attached hydrogens (tertiary/aromatic N) is 1. The highest BCUT2D eigenvalue weighted by Crippen LogP contribution is 2.31. The third kappa shape index (κ3) is 4.35. The largest absolute Gasteiger partial charge is 0.495 e. The van der Waals surface area contributed by atoms with E-state index >= 15 is 0 Å². The fourth-order valence-electron chi connectivity index (χ4n) is 2.28. The van der Waals surface area contributed by atoms with Gasteiger partial charge in [0.05, 0.1) is 16.9 Å². The van der Waals surface area contributed by atoms with Gasteiger partial charge in [0.2, 0.25) is 6.10 Å². The van der Waals surface area contributed by atoms with Crippen LogP contribution in [0, 0.1) is 7.14 Å². The minimum atomic E-state index is -0.745. The number of hydrogen-bond donors (Lipinski definition) is 1. The predicted octanol–water partition coefficient (Wildman–Crippen LogP) is 3.19. The van der Waals surface area contributed by atoms with Gasteiger partial charge in [-0.15, -0.1) is 0 Å². The summed E-state index contributed by atoms with van der Waals surface area (Å²) in [6, 6.07) is 11.2. The van der Waals surface area contributed by atoms with Crippen LogP contribution in [0.15, 0.2) is 41.5 Å². The van der Waals surface area contributed by atoms with Crippen LogP contribution < -0.4 is 19.6 Å². The molecule has 1 heterocycles. The fourth-order valence-corrected chi connectivity index (χ4v) is 4.39. The molecule has 0 unspecified atom stereocenters. The zero-order valence-electron chi connectivity index (χ0n) is 13.2. The minimum Gasteiger partial charge on any atom is -0.495 e. The van der Waals surface area contributed by atoms with Crippen molar-refractivity contribution in [2.45, 2.75) is 6.10 Å². The van der Waals surface area contributed by atoms with Crippen LogP contribution in [0.5, 0.6) is 17.2 Å². The second kappa shape index (κ2) is 8.21. The van der Waals surface area contributed by atoms with E-state index in [-0.39, 0.29) is 12.5 Å². The molecule has 2 aromatic rings. The molecule has 1 N–H and O–H groups in total. The molecule has 3 rings (SSSR count).